The average molecular weight is 728 g/mol. The monoisotopic (exact) mass is 727 g/mol. The van der Waals surface area contributed by atoms with E-state index in [-0.39, 0.29) is 5.41 Å². The van der Waals surface area contributed by atoms with E-state index in [4.69, 9.17) is 4.42 Å². The van der Waals surface area contributed by atoms with Crippen LogP contribution in [0, 0.1) is 0 Å². The maximum absolute atomic E-state index is 6.37. The fourth-order valence-corrected chi connectivity index (χ4v) is 9.84. The Bertz CT molecular complexity index is 3440. The molecule has 12 rings (SSSR count). The van der Waals surface area contributed by atoms with Crippen molar-refractivity contribution in [1.82, 2.24) is 0 Å². The third-order valence-electron chi connectivity index (χ3n) is 12.6. The van der Waals surface area contributed by atoms with Gasteiger partial charge in [0.05, 0.1) is 0 Å². The first kappa shape index (κ1) is 32.1. The number of hydrogen-bond donors (Lipinski definition) is 0. The molecular weight excluding hydrogens is 691 g/mol. The molecule has 0 amide bonds. The van der Waals surface area contributed by atoms with E-state index in [2.05, 4.69) is 201 Å². The second kappa shape index (κ2) is 11.9. The summed E-state index contributed by atoms with van der Waals surface area (Å²) >= 11 is 0. The van der Waals surface area contributed by atoms with Crippen molar-refractivity contribution < 1.29 is 4.42 Å². The van der Waals surface area contributed by atoms with Crippen LogP contribution in [0.2, 0.25) is 0 Å². The van der Waals surface area contributed by atoms with Crippen molar-refractivity contribution in [2.24, 2.45) is 0 Å². The van der Waals surface area contributed by atoms with E-state index in [0.717, 1.165) is 33.6 Å². The van der Waals surface area contributed by atoms with Gasteiger partial charge in [0.25, 0.3) is 0 Å². The highest BCUT2D eigenvalue weighted by molar-refractivity contribution is 6.34. The van der Waals surface area contributed by atoms with Crippen LogP contribution >= 0.6 is 0 Å². The number of anilines is 3. The molecule has 268 valence electrons. The Morgan fingerprint density at radius 2 is 0.982 bits per heavy atom. The molecule has 1 aromatic heterocycles. The third-order valence-corrected chi connectivity index (χ3v) is 12.6. The number of furan rings is 1. The summed E-state index contributed by atoms with van der Waals surface area (Å²) in [5.74, 6) is 0. The summed E-state index contributed by atoms with van der Waals surface area (Å²) in [5.41, 5.74) is 12.9. The second-order valence-corrected chi connectivity index (χ2v) is 16.1. The van der Waals surface area contributed by atoms with E-state index in [1.165, 1.54) is 81.9 Å². The molecule has 2 heteroatoms. The molecule has 1 aliphatic rings. The molecule has 10 aromatic carbocycles. The van der Waals surface area contributed by atoms with Gasteiger partial charge in [-0.3, -0.25) is 0 Å². The van der Waals surface area contributed by atoms with E-state index in [0.29, 0.717) is 0 Å². The quantitative estimate of drug-likeness (QED) is 0.168. The van der Waals surface area contributed by atoms with Crippen molar-refractivity contribution in [2.45, 2.75) is 19.3 Å². The maximum Gasteiger partial charge on any atom is 0.136 e. The summed E-state index contributed by atoms with van der Waals surface area (Å²) < 4.78 is 6.37. The van der Waals surface area contributed by atoms with E-state index < -0.39 is 0 Å². The SMILES string of the molecule is CC1(C)c2ccccc2-c2ccc(N(c3ccc(-c4ccc5c6ccccc6c6c(ccc7oc8ccccc8c76)c5c4)cc3)c3ccc4ccccc4c3)cc21. The van der Waals surface area contributed by atoms with Gasteiger partial charge in [-0.25, -0.2) is 0 Å². The van der Waals surface area contributed by atoms with Gasteiger partial charge in [0.15, 0.2) is 0 Å². The molecule has 2 nitrogen and oxygen atoms in total. The van der Waals surface area contributed by atoms with Crippen LogP contribution in [-0.2, 0) is 5.41 Å². The number of para-hydroxylation sites is 1. The summed E-state index contributed by atoms with van der Waals surface area (Å²) in [4.78, 5) is 2.41. The number of nitrogens with zero attached hydrogens (tertiary/aromatic N) is 1. The number of benzene rings is 10. The van der Waals surface area contributed by atoms with Gasteiger partial charge < -0.3 is 9.32 Å². The van der Waals surface area contributed by atoms with Gasteiger partial charge >= 0.3 is 0 Å². The van der Waals surface area contributed by atoms with Crippen molar-refractivity contribution >= 4 is 82.1 Å². The zero-order chi connectivity index (χ0) is 37.8. The predicted molar refractivity (Wildman–Crippen MR) is 241 cm³/mol. The molecule has 0 radical (unpaired) electrons. The first-order chi connectivity index (χ1) is 28.0. The topological polar surface area (TPSA) is 16.4 Å². The van der Waals surface area contributed by atoms with Crippen molar-refractivity contribution in [3.63, 3.8) is 0 Å². The van der Waals surface area contributed by atoms with Crippen LogP contribution in [0.5, 0.6) is 0 Å². The van der Waals surface area contributed by atoms with Gasteiger partial charge in [0.2, 0.25) is 0 Å². The van der Waals surface area contributed by atoms with Crippen LogP contribution in [-0.4, -0.2) is 0 Å². The zero-order valence-electron chi connectivity index (χ0n) is 31.8. The van der Waals surface area contributed by atoms with Gasteiger partial charge in [-0.05, 0) is 132 Å². The highest BCUT2D eigenvalue weighted by Gasteiger charge is 2.35. The van der Waals surface area contributed by atoms with E-state index >= 15 is 0 Å². The normalized spacial score (nSPS) is 13.2. The molecular formula is C55H37NO. The van der Waals surface area contributed by atoms with Crippen LogP contribution < -0.4 is 4.90 Å². The predicted octanol–water partition coefficient (Wildman–Crippen LogP) is 15.6. The third kappa shape index (κ3) is 4.71. The number of hydrogen-bond acceptors (Lipinski definition) is 2. The van der Waals surface area contributed by atoms with Gasteiger partial charge in [-0.2, -0.15) is 0 Å². The molecule has 0 saturated carbocycles. The van der Waals surface area contributed by atoms with Gasteiger partial charge in [-0.1, -0.05) is 141 Å². The lowest BCUT2D eigenvalue weighted by Crippen LogP contribution is -2.16. The Labute approximate surface area is 330 Å². The Kier molecular flexibility index (Phi) is 6.72. The summed E-state index contributed by atoms with van der Waals surface area (Å²) in [5, 5.41) is 12.3. The molecule has 0 N–H and O–H groups in total. The van der Waals surface area contributed by atoms with Crippen molar-refractivity contribution in [3.8, 4) is 22.3 Å². The van der Waals surface area contributed by atoms with Crippen LogP contribution in [0.4, 0.5) is 17.1 Å². The fourth-order valence-electron chi connectivity index (χ4n) is 9.84. The highest BCUT2D eigenvalue weighted by Crippen LogP contribution is 2.51. The molecule has 0 fully saturated rings. The van der Waals surface area contributed by atoms with Gasteiger partial charge in [0, 0.05) is 38.6 Å². The second-order valence-electron chi connectivity index (χ2n) is 16.1. The van der Waals surface area contributed by atoms with Crippen LogP contribution in [0.1, 0.15) is 25.0 Å². The molecule has 0 atom stereocenters. The van der Waals surface area contributed by atoms with E-state index in [1.807, 2.05) is 6.07 Å². The smallest absolute Gasteiger partial charge is 0.136 e. The zero-order valence-corrected chi connectivity index (χ0v) is 31.8. The summed E-state index contributed by atoms with van der Waals surface area (Å²) in [6.45, 7) is 4.71. The summed E-state index contributed by atoms with van der Waals surface area (Å²) in [6.07, 6.45) is 0. The summed E-state index contributed by atoms with van der Waals surface area (Å²) in [7, 11) is 0. The average Bonchev–Trinajstić information content (AvgIpc) is 3.75. The van der Waals surface area contributed by atoms with Gasteiger partial charge in [-0.15, -0.1) is 0 Å². The van der Waals surface area contributed by atoms with Crippen molar-refractivity contribution in [1.29, 1.82) is 0 Å². The molecule has 0 bridgehead atoms. The Hall–Kier alpha value is -7.16. The fraction of sp³-hybridized carbons (Fsp3) is 0.0545. The Balaban J connectivity index is 1.01. The molecule has 0 unspecified atom stereocenters. The van der Waals surface area contributed by atoms with Crippen LogP contribution in [0.15, 0.2) is 192 Å². The first-order valence-corrected chi connectivity index (χ1v) is 19.8. The van der Waals surface area contributed by atoms with Gasteiger partial charge in [0.1, 0.15) is 11.2 Å². The minimum absolute atomic E-state index is 0.0943. The molecule has 11 aromatic rings. The molecule has 1 heterocycles. The molecule has 0 aliphatic heterocycles. The molecule has 1 aliphatic carbocycles. The van der Waals surface area contributed by atoms with Crippen LogP contribution in [0.3, 0.4) is 0 Å². The largest absolute Gasteiger partial charge is 0.456 e. The standard InChI is InChI=1S/C55H37NO/c1-55(2)49-17-9-7-14-43(49)44-28-26-40(33-50(44)55)56(39-25-21-34-11-3-4-12-36(34)31-39)38-23-19-35(20-24-38)37-22-27-42-41-13-5-6-15-45(41)53-46(48(42)32-37)29-30-52-54(53)47-16-8-10-18-51(47)57-52/h3-33H,1-2H3. The number of rotatable bonds is 4. The summed E-state index contributed by atoms with van der Waals surface area (Å²) in [6, 6.07) is 69.0. The molecule has 0 spiro atoms. The number of fused-ring (bicyclic) bond motifs is 14. The lowest BCUT2D eigenvalue weighted by atomic mass is 9.82. The van der Waals surface area contributed by atoms with Crippen molar-refractivity contribution in [3.05, 3.63) is 199 Å². The maximum atomic E-state index is 6.37. The minimum atomic E-state index is -0.0943. The molecule has 57 heavy (non-hydrogen) atoms. The van der Waals surface area contributed by atoms with Crippen molar-refractivity contribution in [2.75, 3.05) is 4.90 Å². The minimum Gasteiger partial charge on any atom is -0.456 e. The van der Waals surface area contributed by atoms with E-state index in [9.17, 15) is 0 Å². The lowest BCUT2D eigenvalue weighted by Gasteiger charge is -2.28. The Morgan fingerprint density at radius 1 is 0.368 bits per heavy atom. The Morgan fingerprint density at radius 3 is 1.86 bits per heavy atom. The lowest BCUT2D eigenvalue weighted by molar-refractivity contribution is 0.660. The highest BCUT2D eigenvalue weighted by atomic mass is 16.3. The first-order valence-electron chi connectivity index (χ1n) is 19.8. The molecule has 0 saturated heterocycles. The van der Waals surface area contributed by atoms with E-state index in [1.54, 1.807) is 0 Å². The van der Waals surface area contributed by atoms with Crippen LogP contribution in [0.25, 0.3) is 87.3 Å².